The zero-order valence-corrected chi connectivity index (χ0v) is 10.9. The summed E-state index contributed by atoms with van der Waals surface area (Å²) in [7, 11) is 0. The lowest BCUT2D eigenvalue weighted by Crippen LogP contribution is -2.42. The average Bonchev–Trinajstić information content (AvgIpc) is 2.56. The molecule has 6 heteroatoms. The summed E-state index contributed by atoms with van der Waals surface area (Å²) in [6, 6.07) is -1.34. The Kier molecular flexibility index (Phi) is 6.32. The molecule has 1 aliphatic rings. The smallest absolute Gasteiger partial charge is 0.326 e. The van der Waals surface area contributed by atoms with Gasteiger partial charge in [0.15, 0.2) is 0 Å². The molecule has 3 N–H and O–H groups in total. The molecule has 0 heterocycles. The number of carbonyl (C=O) groups excluding carboxylic acids is 1. The van der Waals surface area contributed by atoms with Gasteiger partial charge in [0, 0.05) is 6.42 Å². The number of carboxylic acids is 2. The average molecular weight is 271 g/mol. The predicted molar refractivity (Wildman–Crippen MR) is 67.6 cm³/mol. The van der Waals surface area contributed by atoms with Crippen LogP contribution in [0, 0.1) is 5.92 Å². The lowest BCUT2D eigenvalue weighted by Gasteiger charge is -2.16. The largest absolute Gasteiger partial charge is 0.481 e. The number of rotatable bonds is 6. The summed E-state index contributed by atoms with van der Waals surface area (Å²) in [4.78, 5) is 33.1. The predicted octanol–water partition coefficient (Wildman–Crippen LogP) is 1.39. The van der Waals surface area contributed by atoms with Crippen LogP contribution in [0.15, 0.2) is 0 Å². The minimum absolute atomic E-state index is 0.293. The van der Waals surface area contributed by atoms with E-state index in [1.165, 1.54) is 12.8 Å². The normalized spacial score (nSPS) is 18.3. The van der Waals surface area contributed by atoms with Crippen molar-refractivity contribution in [1.29, 1.82) is 0 Å². The van der Waals surface area contributed by atoms with Gasteiger partial charge in [-0.2, -0.15) is 0 Å². The molecule has 0 aromatic rings. The number of nitrogens with one attached hydrogen (secondary N) is 1. The van der Waals surface area contributed by atoms with Gasteiger partial charge in [-0.15, -0.1) is 0 Å². The molecular weight excluding hydrogens is 250 g/mol. The van der Waals surface area contributed by atoms with Crippen molar-refractivity contribution in [2.75, 3.05) is 0 Å². The number of hydrogen-bond acceptors (Lipinski definition) is 3. The summed E-state index contributed by atoms with van der Waals surface area (Å²) < 4.78 is 0. The second-order valence-electron chi connectivity index (χ2n) is 5.12. The first kappa shape index (κ1) is 15.5. The fraction of sp³-hybridized carbons (Fsp3) is 0.769. The third-order valence-electron chi connectivity index (χ3n) is 3.46. The molecule has 1 rings (SSSR count). The molecule has 0 saturated heterocycles. The first-order valence-corrected chi connectivity index (χ1v) is 6.73. The zero-order valence-electron chi connectivity index (χ0n) is 10.9. The van der Waals surface area contributed by atoms with Crippen molar-refractivity contribution in [3.63, 3.8) is 0 Å². The Morgan fingerprint density at radius 1 is 1.05 bits per heavy atom. The van der Waals surface area contributed by atoms with Crippen LogP contribution in [0.3, 0.4) is 0 Å². The van der Waals surface area contributed by atoms with Gasteiger partial charge in [-0.25, -0.2) is 4.79 Å². The second kappa shape index (κ2) is 7.76. The summed E-state index contributed by atoms with van der Waals surface area (Å²) in [5.41, 5.74) is 0. The highest BCUT2D eigenvalue weighted by molar-refractivity contribution is 5.86. The lowest BCUT2D eigenvalue weighted by molar-refractivity contribution is -0.147. The highest BCUT2D eigenvalue weighted by Crippen LogP contribution is 2.25. The van der Waals surface area contributed by atoms with E-state index < -0.39 is 24.4 Å². The minimum atomic E-state index is -1.34. The van der Waals surface area contributed by atoms with Crippen molar-refractivity contribution in [2.45, 2.75) is 57.4 Å². The lowest BCUT2D eigenvalue weighted by atomic mass is 9.96. The van der Waals surface area contributed by atoms with Crippen LogP contribution < -0.4 is 5.32 Å². The zero-order chi connectivity index (χ0) is 14.3. The van der Waals surface area contributed by atoms with E-state index in [2.05, 4.69) is 5.32 Å². The van der Waals surface area contributed by atoms with E-state index in [1.807, 2.05) is 0 Å². The van der Waals surface area contributed by atoms with Crippen LogP contribution in [-0.2, 0) is 14.4 Å². The first-order valence-electron chi connectivity index (χ1n) is 6.73. The van der Waals surface area contributed by atoms with Crippen molar-refractivity contribution in [3.8, 4) is 0 Å². The van der Waals surface area contributed by atoms with Gasteiger partial charge in [0.25, 0.3) is 0 Å². The highest BCUT2D eigenvalue weighted by atomic mass is 16.4. The maximum atomic E-state index is 11.8. The Morgan fingerprint density at radius 3 is 2.11 bits per heavy atom. The van der Waals surface area contributed by atoms with Gasteiger partial charge in [0.1, 0.15) is 6.04 Å². The summed E-state index contributed by atoms with van der Waals surface area (Å²) >= 11 is 0. The van der Waals surface area contributed by atoms with Crippen molar-refractivity contribution in [3.05, 3.63) is 0 Å². The molecule has 1 atom stereocenters. The quantitative estimate of drug-likeness (QED) is 0.633. The van der Waals surface area contributed by atoms with Gasteiger partial charge in [0.05, 0.1) is 6.42 Å². The molecule has 6 nitrogen and oxygen atoms in total. The van der Waals surface area contributed by atoms with E-state index in [-0.39, 0.29) is 5.91 Å². The number of carboxylic acid groups (broad SMARTS) is 2. The number of hydrogen-bond donors (Lipinski definition) is 3. The van der Waals surface area contributed by atoms with Crippen LogP contribution in [0.4, 0.5) is 0 Å². The maximum absolute atomic E-state index is 11.8. The van der Waals surface area contributed by atoms with Gasteiger partial charge in [-0.3, -0.25) is 9.59 Å². The third-order valence-corrected chi connectivity index (χ3v) is 3.46. The molecule has 0 radical (unpaired) electrons. The van der Waals surface area contributed by atoms with Crippen LogP contribution in [0.25, 0.3) is 0 Å². The molecule has 1 amide bonds. The molecule has 0 bridgehead atoms. The van der Waals surface area contributed by atoms with Crippen molar-refractivity contribution < 1.29 is 24.6 Å². The first-order chi connectivity index (χ1) is 8.99. The Labute approximate surface area is 112 Å². The van der Waals surface area contributed by atoms with Gasteiger partial charge in [-0.1, -0.05) is 25.7 Å². The second-order valence-corrected chi connectivity index (χ2v) is 5.12. The maximum Gasteiger partial charge on any atom is 0.326 e. The van der Waals surface area contributed by atoms with Crippen molar-refractivity contribution in [1.82, 2.24) is 5.32 Å². The fourth-order valence-corrected chi connectivity index (χ4v) is 2.46. The number of aliphatic carboxylic acids is 2. The van der Waals surface area contributed by atoms with Gasteiger partial charge in [0.2, 0.25) is 5.91 Å². The van der Waals surface area contributed by atoms with E-state index in [0.717, 1.165) is 25.7 Å². The SMILES string of the molecule is O=C(O)C[C@@H](NC(=O)CC1CCCCCC1)C(=O)O. The van der Waals surface area contributed by atoms with E-state index in [9.17, 15) is 14.4 Å². The van der Waals surface area contributed by atoms with Crippen molar-refractivity contribution >= 4 is 17.8 Å². The molecule has 1 saturated carbocycles. The number of carbonyl (C=O) groups is 3. The highest BCUT2D eigenvalue weighted by Gasteiger charge is 2.24. The monoisotopic (exact) mass is 271 g/mol. The van der Waals surface area contributed by atoms with Gasteiger partial charge >= 0.3 is 11.9 Å². The molecule has 0 aliphatic heterocycles. The summed E-state index contributed by atoms with van der Waals surface area (Å²) in [5, 5.41) is 19.7. The standard InChI is InChI=1S/C13H21NO5/c15-11(7-9-5-3-1-2-4-6-9)14-10(13(18)19)8-12(16)17/h9-10H,1-8H2,(H,14,15)(H,16,17)(H,18,19)/t10-/m1/s1. The molecule has 0 aromatic carbocycles. The third kappa shape index (κ3) is 6.22. The van der Waals surface area contributed by atoms with Gasteiger partial charge in [-0.05, 0) is 18.8 Å². The molecule has 0 aromatic heterocycles. The van der Waals surface area contributed by atoms with Crippen LogP contribution in [-0.4, -0.2) is 34.1 Å². The Hall–Kier alpha value is -1.59. The summed E-state index contributed by atoms with van der Waals surface area (Å²) in [5.74, 6) is -2.61. The molecule has 108 valence electrons. The molecular formula is C13H21NO5. The van der Waals surface area contributed by atoms with Crippen LogP contribution in [0.2, 0.25) is 0 Å². The van der Waals surface area contributed by atoms with Crippen LogP contribution in [0.1, 0.15) is 51.4 Å². The molecule has 1 fully saturated rings. The summed E-state index contributed by atoms with van der Waals surface area (Å²) in [6.45, 7) is 0. The van der Waals surface area contributed by atoms with E-state index in [4.69, 9.17) is 10.2 Å². The van der Waals surface area contributed by atoms with Crippen LogP contribution >= 0.6 is 0 Å². The van der Waals surface area contributed by atoms with Crippen LogP contribution in [0.5, 0.6) is 0 Å². The van der Waals surface area contributed by atoms with E-state index in [0.29, 0.717) is 12.3 Å². The molecule has 0 unspecified atom stereocenters. The Morgan fingerprint density at radius 2 is 1.63 bits per heavy atom. The fourth-order valence-electron chi connectivity index (χ4n) is 2.46. The van der Waals surface area contributed by atoms with Gasteiger partial charge < -0.3 is 15.5 Å². The van der Waals surface area contributed by atoms with E-state index in [1.54, 1.807) is 0 Å². The summed E-state index contributed by atoms with van der Waals surface area (Å²) in [6.07, 6.45) is 6.28. The van der Waals surface area contributed by atoms with E-state index >= 15 is 0 Å². The molecule has 19 heavy (non-hydrogen) atoms. The topological polar surface area (TPSA) is 104 Å². The minimum Gasteiger partial charge on any atom is -0.481 e. The Bertz CT molecular complexity index is 334. The number of amides is 1. The molecule has 1 aliphatic carbocycles. The molecule has 0 spiro atoms. The Balaban J connectivity index is 2.42. The van der Waals surface area contributed by atoms with Crippen molar-refractivity contribution in [2.24, 2.45) is 5.92 Å².